The van der Waals surface area contributed by atoms with E-state index in [9.17, 15) is 4.79 Å². The van der Waals surface area contributed by atoms with Crippen LogP contribution in [0.4, 0.5) is 4.79 Å². The number of ether oxygens (including phenoxy) is 1. The number of piperidine rings is 1. The van der Waals surface area contributed by atoms with E-state index in [1.807, 2.05) is 56.1 Å². The minimum atomic E-state index is -0.445. The smallest absolute Gasteiger partial charge is 0.410 e. The number of aromatic nitrogens is 2. The van der Waals surface area contributed by atoms with Gasteiger partial charge in [0.15, 0.2) is 0 Å². The highest BCUT2D eigenvalue weighted by Crippen LogP contribution is 2.26. The third-order valence-electron chi connectivity index (χ3n) is 4.06. The van der Waals surface area contributed by atoms with Gasteiger partial charge in [0, 0.05) is 18.8 Å². The van der Waals surface area contributed by atoms with Gasteiger partial charge >= 0.3 is 6.09 Å². The van der Waals surface area contributed by atoms with Gasteiger partial charge < -0.3 is 9.64 Å². The highest BCUT2D eigenvalue weighted by molar-refractivity contribution is 7.99. The first-order valence-corrected chi connectivity index (χ1v) is 9.72. The summed E-state index contributed by atoms with van der Waals surface area (Å²) in [4.78, 5) is 23.2. The molecule has 2 aromatic rings. The van der Waals surface area contributed by atoms with Crippen LogP contribution in [0.1, 0.15) is 33.6 Å². The SMILES string of the molecule is CC(C)(C)OC(=O)N1CCCC(CSc2cnc3ccccc3n2)C1. The minimum Gasteiger partial charge on any atom is -0.444 e. The van der Waals surface area contributed by atoms with Gasteiger partial charge in [-0.25, -0.2) is 9.78 Å². The van der Waals surface area contributed by atoms with Gasteiger partial charge in [0.05, 0.1) is 17.2 Å². The fourth-order valence-electron chi connectivity index (χ4n) is 2.91. The Labute approximate surface area is 153 Å². The fourth-order valence-corrected chi connectivity index (χ4v) is 3.88. The van der Waals surface area contributed by atoms with Crippen molar-refractivity contribution in [3.05, 3.63) is 30.5 Å². The lowest BCUT2D eigenvalue weighted by molar-refractivity contribution is 0.0177. The number of fused-ring (bicyclic) bond motifs is 1. The fraction of sp³-hybridized carbons (Fsp3) is 0.526. The number of likely N-dealkylation sites (tertiary alicyclic amines) is 1. The van der Waals surface area contributed by atoms with Gasteiger partial charge in [0.2, 0.25) is 0 Å². The number of carbonyl (C=O) groups excluding carboxylic acids is 1. The van der Waals surface area contributed by atoms with Crippen LogP contribution < -0.4 is 0 Å². The zero-order valence-corrected chi connectivity index (χ0v) is 15.9. The van der Waals surface area contributed by atoms with Crippen molar-refractivity contribution in [1.82, 2.24) is 14.9 Å². The maximum atomic E-state index is 12.3. The van der Waals surface area contributed by atoms with Crippen molar-refractivity contribution in [3.63, 3.8) is 0 Å². The van der Waals surface area contributed by atoms with E-state index in [2.05, 4.69) is 9.97 Å². The Bertz CT molecular complexity index is 745. The molecule has 25 heavy (non-hydrogen) atoms. The molecule has 134 valence electrons. The average Bonchev–Trinajstić information content (AvgIpc) is 2.58. The predicted molar refractivity (Wildman–Crippen MR) is 101 cm³/mol. The van der Waals surface area contributed by atoms with Gasteiger partial charge in [-0.3, -0.25) is 4.98 Å². The summed E-state index contributed by atoms with van der Waals surface area (Å²) in [6.45, 7) is 7.25. The zero-order chi connectivity index (χ0) is 17.9. The van der Waals surface area contributed by atoms with Crippen LogP contribution >= 0.6 is 11.8 Å². The molecule has 0 N–H and O–H groups in total. The van der Waals surface area contributed by atoms with E-state index in [0.29, 0.717) is 5.92 Å². The molecule has 6 heteroatoms. The Balaban J connectivity index is 1.56. The molecule has 1 aliphatic rings. The summed E-state index contributed by atoms with van der Waals surface area (Å²) in [5.41, 5.74) is 1.39. The van der Waals surface area contributed by atoms with E-state index in [0.717, 1.165) is 47.7 Å². The van der Waals surface area contributed by atoms with Crippen molar-refractivity contribution in [2.75, 3.05) is 18.8 Å². The third-order valence-corrected chi connectivity index (χ3v) is 5.19. The van der Waals surface area contributed by atoms with Gasteiger partial charge in [-0.15, -0.1) is 11.8 Å². The molecule has 1 unspecified atom stereocenters. The van der Waals surface area contributed by atoms with Crippen LogP contribution in [0.5, 0.6) is 0 Å². The van der Waals surface area contributed by atoms with Gasteiger partial charge in [-0.05, 0) is 51.7 Å². The summed E-state index contributed by atoms with van der Waals surface area (Å²) in [7, 11) is 0. The molecule has 2 heterocycles. The second-order valence-electron chi connectivity index (χ2n) is 7.44. The maximum absolute atomic E-state index is 12.3. The van der Waals surface area contributed by atoms with Crippen LogP contribution in [0, 0.1) is 5.92 Å². The lowest BCUT2D eigenvalue weighted by Gasteiger charge is -2.34. The standard InChI is InChI=1S/C19H25N3O2S/c1-19(2,3)24-18(23)22-10-6-7-14(12-22)13-25-17-11-20-15-8-4-5-9-16(15)21-17/h4-5,8-9,11,14H,6-7,10,12-13H2,1-3H3. The number of thioether (sulfide) groups is 1. The van der Waals surface area contributed by atoms with Crippen LogP contribution in [0.2, 0.25) is 0 Å². The van der Waals surface area contributed by atoms with Gasteiger partial charge in [0.25, 0.3) is 0 Å². The van der Waals surface area contributed by atoms with E-state index in [-0.39, 0.29) is 6.09 Å². The number of carbonyl (C=O) groups is 1. The number of amides is 1. The van der Waals surface area contributed by atoms with E-state index in [1.54, 1.807) is 11.8 Å². The maximum Gasteiger partial charge on any atom is 0.410 e. The minimum absolute atomic E-state index is 0.201. The molecule has 1 aromatic heterocycles. The topological polar surface area (TPSA) is 55.3 Å². The summed E-state index contributed by atoms with van der Waals surface area (Å²) in [6.07, 6.45) is 3.79. The Hall–Kier alpha value is -1.82. The molecule has 1 aliphatic heterocycles. The number of rotatable bonds is 3. The van der Waals surface area contributed by atoms with Crippen LogP contribution in [-0.2, 0) is 4.74 Å². The zero-order valence-electron chi connectivity index (χ0n) is 15.1. The summed E-state index contributed by atoms with van der Waals surface area (Å²) >= 11 is 1.72. The molecule has 0 saturated carbocycles. The summed E-state index contributed by atoms with van der Waals surface area (Å²) in [6, 6.07) is 7.90. The molecule has 1 amide bonds. The van der Waals surface area contributed by atoms with Crippen molar-refractivity contribution >= 4 is 28.9 Å². The molecule has 0 aliphatic carbocycles. The van der Waals surface area contributed by atoms with E-state index >= 15 is 0 Å². The second-order valence-corrected chi connectivity index (χ2v) is 8.48. The Morgan fingerprint density at radius 3 is 2.84 bits per heavy atom. The molecule has 0 radical (unpaired) electrons. The first-order valence-electron chi connectivity index (χ1n) is 8.73. The van der Waals surface area contributed by atoms with Crippen molar-refractivity contribution in [2.24, 2.45) is 5.92 Å². The van der Waals surface area contributed by atoms with Crippen LogP contribution in [0.3, 0.4) is 0 Å². The number of para-hydroxylation sites is 2. The highest BCUT2D eigenvalue weighted by Gasteiger charge is 2.27. The van der Waals surface area contributed by atoms with E-state index in [1.165, 1.54) is 0 Å². The van der Waals surface area contributed by atoms with Crippen LogP contribution in [-0.4, -0.2) is 45.4 Å². The molecule has 5 nitrogen and oxygen atoms in total. The summed E-state index contributed by atoms with van der Waals surface area (Å²) in [5, 5.41) is 0.938. The highest BCUT2D eigenvalue weighted by atomic mass is 32.2. The second kappa shape index (κ2) is 7.60. The monoisotopic (exact) mass is 359 g/mol. The van der Waals surface area contributed by atoms with Crippen LogP contribution in [0.25, 0.3) is 11.0 Å². The first kappa shape index (κ1) is 18.0. The molecule has 0 spiro atoms. The number of hydrogen-bond donors (Lipinski definition) is 0. The normalized spacial score (nSPS) is 18.4. The van der Waals surface area contributed by atoms with Crippen molar-refractivity contribution in [1.29, 1.82) is 0 Å². The molecule has 1 saturated heterocycles. The van der Waals surface area contributed by atoms with E-state index < -0.39 is 5.60 Å². The number of benzene rings is 1. The van der Waals surface area contributed by atoms with Crippen molar-refractivity contribution in [3.8, 4) is 0 Å². The van der Waals surface area contributed by atoms with Gasteiger partial charge in [-0.2, -0.15) is 0 Å². The predicted octanol–water partition coefficient (Wildman–Crippen LogP) is 4.37. The largest absolute Gasteiger partial charge is 0.444 e. The summed E-state index contributed by atoms with van der Waals surface area (Å²) in [5.74, 6) is 1.39. The molecular weight excluding hydrogens is 334 g/mol. The lowest BCUT2D eigenvalue weighted by atomic mass is 10.0. The molecule has 1 aromatic carbocycles. The average molecular weight is 359 g/mol. The van der Waals surface area contributed by atoms with Gasteiger partial charge in [0.1, 0.15) is 10.6 Å². The van der Waals surface area contributed by atoms with Crippen molar-refractivity contribution in [2.45, 2.75) is 44.2 Å². The first-order chi connectivity index (χ1) is 11.9. The molecule has 3 rings (SSSR count). The molecule has 1 fully saturated rings. The Kier molecular flexibility index (Phi) is 5.47. The van der Waals surface area contributed by atoms with Crippen molar-refractivity contribution < 1.29 is 9.53 Å². The molecule has 1 atom stereocenters. The third kappa shape index (κ3) is 5.08. The lowest BCUT2D eigenvalue weighted by Crippen LogP contribution is -2.43. The molecular formula is C19H25N3O2S. The molecule has 0 bridgehead atoms. The quantitative estimate of drug-likeness (QED) is 0.762. The van der Waals surface area contributed by atoms with Crippen LogP contribution in [0.15, 0.2) is 35.5 Å². The Morgan fingerprint density at radius 2 is 2.08 bits per heavy atom. The van der Waals surface area contributed by atoms with Gasteiger partial charge in [-0.1, -0.05) is 12.1 Å². The number of hydrogen-bond acceptors (Lipinski definition) is 5. The number of nitrogens with zero attached hydrogens (tertiary/aromatic N) is 3. The summed E-state index contributed by atoms with van der Waals surface area (Å²) < 4.78 is 5.49. The van der Waals surface area contributed by atoms with E-state index in [4.69, 9.17) is 4.74 Å². The Morgan fingerprint density at radius 1 is 1.32 bits per heavy atom.